The predicted molar refractivity (Wildman–Crippen MR) is 100 cm³/mol. The van der Waals surface area contributed by atoms with Gasteiger partial charge in [0.25, 0.3) is 5.91 Å². The van der Waals surface area contributed by atoms with Crippen LogP contribution in [0, 0.1) is 5.92 Å². The zero-order chi connectivity index (χ0) is 18.2. The van der Waals surface area contributed by atoms with Crippen molar-refractivity contribution in [2.24, 2.45) is 5.92 Å². The van der Waals surface area contributed by atoms with Crippen molar-refractivity contribution < 1.29 is 14.3 Å². The number of amides is 1. The Balaban J connectivity index is 1.97. The number of ether oxygens (including phenoxy) is 2. The van der Waals surface area contributed by atoms with E-state index in [9.17, 15) is 4.79 Å². The molecule has 1 N–H and O–H groups in total. The first-order chi connectivity index (χ1) is 12.0. The van der Waals surface area contributed by atoms with E-state index in [1.165, 1.54) is 0 Å². The van der Waals surface area contributed by atoms with Gasteiger partial charge in [0, 0.05) is 5.02 Å². The molecule has 0 saturated carbocycles. The molecule has 1 atom stereocenters. The number of carbonyl (C=O) groups is 1. The van der Waals surface area contributed by atoms with E-state index in [1.54, 1.807) is 31.4 Å². The Kier molecular flexibility index (Phi) is 7.14. The summed E-state index contributed by atoms with van der Waals surface area (Å²) in [6.45, 7) is 4.23. The lowest BCUT2D eigenvalue weighted by Gasteiger charge is -2.21. The number of hydrogen-bond donors (Lipinski definition) is 1. The minimum atomic E-state index is -0.156. The van der Waals surface area contributed by atoms with Crippen LogP contribution in [0.4, 0.5) is 0 Å². The fraction of sp³-hybridized carbons (Fsp3) is 0.350. The van der Waals surface area contributed by atoms with Gasteiger partial charge in [0.1, 0.15) is 11.5 Å². The van der Waals surface area contributed by atoms with Crippen molar-refractivity contribution in [2.45, 2.75) is 26.3 Å². The van der Waals surface area contributed by atoms with E-state index in [2.05, 4.69) is 19.2 Å². The summed E-state index contributed by atoms with van der Waals surface area (Å²) in [5, 5.41) is 3.69. The predicted octanol–water partition coefficient (Wildman–Crippen LogP) is 4.63. The quantitative estimate of drug-likeness (QED) is 0.745. The number of halogens is 1. The van der Waals surface area contributed by atoms with Crippen LogP contribution in [0.25, 0.3) is 0 Å². The van der Waals surface area contributed by atoms with Crippen molar-refractivity contribution in [2.75, 3.05) is 13.7 Å². The normalized spacial score (nSPS) is 11.9. The van der Waals surface area contributed by atoms with Gasteiger partial charge in [-0.25, -0.2) is 0 Å². The molecule has 2 aromatic rings. The van der Waals surface area contributed by atoms with Gasteiger partial charge < -0.3 is 14.8 Å². The third kappa shape index (κ3) is 6.31. The van der Waals surface area contributed by atoms with Crippen molar-refractivity contribution in [3.63, 3.8) is 0 Å². The van der Waals surface area contributed by atoms with Gasteiger partial charge in [-0.3, -0.25) is 4.79 Å². The van der Waals surface area contributed by atoms with Crippen LogP contribution in [-0.2, 0) is 4.79 Å². The lowest BCUT2D eigenvalue weighted by Crippen LogP contribution is -2.33. The second kappa shape index (κ2) is 9.33. The van der Waals surface area contributed by atoms with Crippen LogP contribution in [0.1, 0.15) is 31.9 Å². The number of benzene rings is 2. The second-order valence-electron chi connectivity index (χ2n) is 6.27. The molecule has 0 fully saturated rings. The number of nitrogens with one attached hydrogen (secondary N) is 1. The average molecular weight is 362 g/mol. The number of rotatable bonds is 8. The first kappa shape index (κ1) is 19.1. The standard InChI is InChI=1S/C20H24ClNO3/c1-14(2)12-19(15-4-8-17(24-3)9-5-15)22-20(23)13-25-18-10-6-16(21)7-11-18/h4-11,14,19H,12-13H2,1-3H3,(H,22,23). The van der Waals surface area contributed by atoms with Crippen LogP contribution in [-0.4, -0.2) is 19.6 Å². The van der Waals surface area contributed by atoms with Gasteiger partial charge in [-0.15, -0.1) is 0 Å². The van der Waals surface area contributed by atoms with Crippen LogP contribution in [0.3, 0.4) is 0 Å². The molecule has 0 radical (unpaired) electrons. The van der Waals surface area contributed by atoms with Crippen LogP contribution in [0.2, 0.25) is 5.02 Å². The fourth-order valence-electron chi connectivity index (χ4n) is 2.50. The van der Waals surface area contributed by atoms with Gasteiger partial charge in [0.15, 0.2) is 6.61 Å². The van der Waals surface area contributed by atoms with E-state index >= 15 is 0 Å². The molecule has 1 amide bonds. The number of carbonyl (C=O) groups excluding carboxylic acids is 1. The highest BCUT2D eigenvalue weighted by atomic mass is 35.5. The molecular formula is C20H24ClNO3. The van der Waals surface area contributed by atoms with E-state index in [1.807, 2.05) is 24.3 Å². The molecule has 0 aliphatic carbocycles. The first-order valence-corrected chi connectivity index (χ1v) is 8.67. The number of methoxy groups -OCH3 is 1. The molecule has 1 unspecified atom stereocenters. The topological polar surface area (TPSA) is 47.6 Å². The van der Waals surface area contributed by atoms with Crippen molar-refractivity contribution in [3.8, 4) is 11.5 Å². The molecule has 25 heavy (non-hydrogen) atoms. The molecule has 0 heterocycles. The van der Waals surface area contributed by atoms with Gasteiger partial charge in [-0.05, 0) is 54.3 Å². The summed E-state index contributed by atoms with van der Waals surface area (Å²) in [6.07, 6.45) is 0.846. The van der Waals surface area contributed by atoms with Crippen molar-refractivity contribution in [1.29, 1.82) is 0 Å². The highest BCUT2D eigenvalue weighted by Gasteiger charge is 2.16. The maximum absolute atomic E-state index is 12.3. The lowest BCUT2D eigenvalue weighted by atomic mass is 9.97. The smallest absolute Gasteiger partial charge is 0.258 e. The Morgan fingerprint density at radius 3 is 2.20 bits per heavy atom. The molecule has 134 valence electrons. The van der Waals surface area contributed by atoms with Crippen LogP contribution in [0.15, 0.2) is 48.5 Å². The zero-order valence-electron chi connectivity index (χ0n) is 14.8. The Bertz CT molecular complexity index is 668. The number of hydrogen-bond acceptors (Lipinski definition) is 3. The molecule has 0 aromatic heterocycles. The summed E-state index contributed by atoms with van der Waals surface area (Å²) in [5.41, 5.74) is 1.05. The van der Waals surface area contributed by atoms with E-state index in [4.69, 9.17) is 21.1 Å². The highest BCUT2D eigenvalue weighted by molar-refractivity contribution is 6.30. The molecule has 0 aliphatic rings. The fourth-order valence-corrected chi connectivity index (χ4v) is 2.63. The van der Waals surface area contributed by atoms with Crippen molar-refractivity contribution in [3.05, 3.63) is 59.1 Å². The third-order valence-electron chi connectivity index (χ3n) is 3.74. The Hall–Kier alpha value is -2.20. The van der Waals surface area contributed by atoms with Crippen LogP contribution >= 0.6 is 11.6 Å². The first-order valence-electron chi connectivity index (χ1n) is 8.29. The molecule has 0 saturated heterocycles. The molecular weight excluding hydrogens is 338 g/mol. The van der Waals surface area contributed by atoms with E-state index in [-0.39, 0.29) is 18.6 Å². The van der Waals surface area contributed by atoms with Crippen LogP contribution < -0.4 is 14.8 Å². The molecule has 4 nitrogen and oxygen atoms in total. The summed E-state index contributed by atoms with van der Waals surface area (Å²) in [4.78, 5) is 12.3. The van der Waals surface area contributed by atoms with Gasteiger partial charge in [0.2, 0.25) is 0 Å². The summed E-state index contributed by atoms with van der Waals surface area (Å²) in [6, 6.07) is 14.6. The summed E-state index contributed by atoms with van der Waals surface area (Å²) in [7, 11) is 1.64. The van der Waals surface area contributed by atoms with E-state index in [0.29, 0.717) is 16.7 Å². The molecule has 5 heteroatoms. The minimum absolute atomic E-state index is 0.0353. The van der Waals surface area contributed by atoms with E-state index in [0.717, 1.165) is 17.7 Å². The highest BCUT2D eigenvalue weighted by Crippen LogP contribution is 2.23. The van der Waals surface area contributed by atoms with Gasteiger partial charge in [0.05, 0.1) is 13.2 Å². The minimum Gasteiger partial charge on any atom is -0.497 e. The van der Waals surface area contributed by atoms with Crippen molar-refractivity contribution in [1.82, 2.24) is 5.32 Å². The maximum atomic E-state index is 12.3. The molecule has 0 aliphatic heterocycles. The second-order valence-corrected chi connectivity index (χ2v) is 6.70. The summed E-state index contributed by atoms with van der Waals surface area (Å²) >= 11 is 5.84. The van der Waals surface area contributed by atoms with Crippen LogP contribution in [0.5, 0.6) is 11.5 Å². The van der Waals surface area contributed by atoms with Gasteiger partial charge in [-0.2, -0.15) is 0 Å². The monoisotopic (exact) mass is 361 g/mol. The van der Waals surface area contributed by atoms with Crippen molar-refractivity contribution >= 4 is 17.5 Å². The lowest BCUT2D eigenvalue weighted by molar-refractivity contribution is -0.124. The summed E-state index contributed by atoms with van der Waals surface area (Å²) < 4.78 is 10.7. The van der Waals surface area contributed by atoms with Gasteiger partial charge in [-0.1, -0.05) is 37.6 Å². The maximum Gasteiger partial charge on any atom is 0.258 e. The van der Waals surface area contributed by atoms with E-state index < -0.39 is 0 Å². The Morgan fingerprint density at radius 2 is 1.64 bits per heavy atom. The Morgan fingerprint density at radius 1 is 1.04 bits per heavy atom. The molecule has 0 spiro atoms. The third-order valence-corrected chi connectivity index (χ3v) is 4.00. The molecule has 0 bridgehead atoms. The Labute approximate surface area is 154 Å². The molecule has 2 aromatic carbocycles. The largest absolute Gasteiger partial charge is 0.497 e. The average Bonchev–Trinajstić information content (AvgIpc) is 2.60. The molecule has 2 rings (SSSR count). The van der Waals surface area contributed by atoms with Gasteiger partial charge >= 0.3 is 0 Å². The zero-order valence-corrected chi connectivity index (χ0v) is 15.5. The SMILES string of the molecule is COc1ccc(C(CC(C)C)NC(=O)COc2ccc(Cl)cc2)cc1. The summed E-state index contributed by atoms with van der Waals surface area (Å²) in [5.74, 6) is 1.70.